The number of allylic oxidation sites excluding steroid dienone is 2. The molecule has 0 unspecified atom stereocenters. The van der Waals surface area contributed by atoms with Gasteiger partial charge in [0.2, 0.25) is 0 Å². The lowest BCUT2D eigenvalue weighted by Gasteiger charge is -2.24. The van der Waals surface area contributed by atoms with Gasteiger partial charge in [0.1, 0.15) is 24.4 Å². The molecule has 29 heavy (non-hydrogen) atoms. The van der Waals surface area contributed by atoms with E-state index in [1.54, 1.807) is 0 Å². The molecule has 1 saturated heterocycles. The monoisotopic (exact) mass is 414 g/mol. The molecule has 5 heteroatoms. The minimum absolute atomic E-state index is 0.0972. The summed E-state index contributed by atoms with van der Waals surface area (Å²) in [6.45, 7) is 2.70. The summed E-state index contributed by atoms with van der Waals surface area (Å²) in [5, 5.41) is 28.8. The van der Waals surface area contributed by atoms with Crippen molar-refractivity contribution in [1.82, 2.24) is 0 Å². The molecule has 3 N–H and O–H groups in total. The average molecular weight is 415 g/mol. The van der Waals surface area contributed by atoms with Gasteiger partial charge in [0.25, 0.3) is 0 Å². The standard InChI is InChI=1S/C24H46O5/c1-2-3-4-5-6-7-8-9-10-11-12-13-14-15-16-17-18-28-22(19-25)24-23(27)21(26)20-29-24/h9-10,21-27H,2-8,11-20H2,1H3/b10-9+/t21-,22+,23+,24+/m0/s1. The molecule has 1 aliphatic rings. The van der Waals surface area contributed by atoms with Crippen LogP contribution in [0.25, 0.3) is 0 Å². The average Bonchev–Trinajstić information content (AvgIpc) is 3.06. The van der Waals surface area contributed by atoms with Crippen molar-refractivity contribution in [3.05, 3.63) is 12.2 Å². The van der Waals surface area contributed by atoms with Crippen molar-refractivity contribution >= 4 is 0 Å². The Morgan fingerprint density at radius 3 is 1.93 bits per heavy atom. The SMILES string of the molecule is CCCCCCCC/C=C/CCCCCCCCO[C@H](CO)[C@H]1OC[C@H](O)[C@H]1O. The summed E-state index contributed by atoms with van der Waals surface area (Å²) >= 11 is 0. The lowest BCUT2D eigenvalue weighted by molar-refractivity contribution is -0.101. The molecule has 0 amide bonds. The van der Waals surface area contributed by atoms with Gasteiger partial charge in [0.05, 0.1) is 13.2 Å². The Morgan fingerprint density at radius 2 is 1.41 bits per heavy atom. The van der Waals surface area contributed by atoms with E-state index >= 15 is 0 Å². The molecule has 172 valence electrons. The number of ether oxygens (including phenoxy) is 2. The van der Waals surface area contributed by atoms with Gasteiger partial charge in [-0.25, -0.2) is 0 Å². The minimum Gasteiger partial charge on any atom is -0.394 e. The third kappa shape index (κ3) is 12.7. The molecule has 0 aliphatic carbocycles. The quantitative estimate of drug-likeness (QED) is 0.214. The zero-order chi connectivity index (χ0) is 21.2. The van der Waals surface area contributed by atoms with Gasteiger partial charge in [-0.05, 0) is 32.1 Å². The third-order valence-electron chi connectivity index (χ3n) is 5.72. The first-order chi connectivity index (χ1) is 14.2. The van der Waals surface area contributed by atoms with Crippen LogP contribution < -0.4 is 0 Å². The van der Waals surface area contributed by atoms with E-state index in [4.69, 9.17) is 9.47 Å². The summed E-state index contributed by atoms with van der Waals surface area (Å²) in [5.74, 6) is 0. The van der Waals surface area contributed by atoms with Crippen LogP contribution in [0.3, 0.4) is 0 Å². The maximum absolute atomic E-state index is 9.83. The molecule has 0 spiro atoms. The van der Waals surface area contributed by atoms with Crippen molar-refractivity contribution in [2.75, 3.05) is 19.8 Å². The summed E-state index contributed by atoms with van der Waals surface area (Å²) in [5.41, 5.74) is 0. The molecule has 1 rings (SSSR count). The lowest BCUT2D eigenvalue weighted by atomic mass is 10.1. The van der Waals surface area contributed by atoms with Crippen molar-refractivity contribution in [3.63, 3.8) is 0 Å². The Labute approximate surface area is 178 Å². The van der Waals surface area contributed by atoms with E-state index in [-0.39, 0.29) is 13.2 Å². The first-order valence-electron chi connectivity index (χ1n) is 12.1. The van der Waals surface area contributed by atoms with E-state index in [1.807, 2.05) is 0 Å². The molecule has 0 saturated carbocycles. The van der Waals surface area contributed by atoms with E-state index in [9.17, 15) is 15.3 Å². The molecule has 4 atom stereocenters. The fourth-order valence-corrected chi connectivity index (χ4v) is 3.79. The molecule has 5 nitrogen and oxygen atoms in total. The van der Waals surface area contributed by atoms with Crippen molar-refractivity contribution in [2.24, 2.45) is 0 Å². The van der Waals surface area contributed by atoms with Gasteiger partial charge in [0, 0.05) is 6.61 Å². The largest absolute Gasteiger partial charge is 0.394 e. The second kappa shape index (κ2) is 18.3. The van der Waals surface area contributed by atoms with Crippen LogP contribution in [-0.4, -0.2) is 59.6 Å². The molecule has 0 aromatic carbocycles. The van der Waals surface area contributed by atoms with Gasteiger partial charge in [-0.15, -0.1) is 0 Å². The summed E-state index contributed by atoms with van der Waals surface area (Å²) < 4.78 is 11.0. The van der Waals surface area contributed by atoms with Crippen LogP contribution in [0, 0.1) is 0 Å². The van der Waals surface area contributed by atoms with Gasteiger partial charge in [-0.1, -0.05) is 76.9 Å². The maximum Gasteiger partial charge on any atom is 0.114 e. The minimum atomic E-state index is -0.980. The highest BCUT2D eigenvalue weighted by atomic mass is 16.6. The number of hydrogen-bond donors (Lipinski definition) is 3. The van der Waals surface area contributed by atoms with E-state index in [0.29, 0.717) is 6.61 Å². The molecule has 0 aromatic heterocycles. The summed E-state index contributed by atoms with van der Waals surface area (Å²) in [7, 11) is 0. The third-order valence-corrected chi connectivity index (χ3v) is 5.72. The Hall–Kier alpha value is -0.460. The van der Waals surface area contributed by atoms with Crippen LogP contribution in [0.2, 0.25) is 0 Å². The van der Waals surface area contributed by atoms with Crippen LogP contribution in [0.15, 0.2) is 12.2 Å². The van der Waals surface area contributed by atoms with Crippen molar-refractivity contribution in [1.29, 1.82) is 0 Å². The van der Waals surface area contributed by atoms with E-state index in [1.165, 1.54) is 77.0 Å². The van der Waals surface area contributed by atoms with E-state index < -0.39 is 24.4 Å². The highest BCUT2D eigenvalue weighted by Crippen LogP contribution is 2.20. The normalized spacial score (nSPS) is 23.2. The van der Waals surface area contributed by atoms with Crippen molar-refractivity contribution in [3.8, 4) is 0 Å². The zero-order valence-corrected chi connectivity index (χ0v) is 18.6. The number of rotatable bonds is 19. The fraction of sp³-hybridized carbons (Fsp3) is 0.917. The van der Waals surface area contributed by atoms with Crippen LogP contribution in [0.5, 0.6) is 0 Å². The molecule has 1 fully saturated rings. The molecule has 0 radical (unpaired) electrons. The predicted molar refractivity (Wildman–Crippen MR) is 118 cm³/mol. The Balaban J connectivity index is 1.85. The number of aliphatic hydroxyl groups excluding tert-OH is 3. The lowest BCUT2D eigenvalue weighted by Crippen LogP contribution is -2.42. The maximum atomic E-state index is 9.83. The number of aliphatic hydroxyl groups is 3. The van der Waals surface area contributed by atoms with Gasteiger partial charge in [0.15, 0.2) is 0 Å². The Morgan fingerprint density at radius 1 is 0.862 bits per heavy atom. The Bertz CT molecular complexity index is 387. The molecule has 0 aromatic rings. The van der Waals surface area contributed by atoms with Gasteiger partial charge in [-0.3, -0.25) is 0 Å². The van der Waals surface area contributed by atoms with Crippen molar-refractivity contribution in [2.45, 2.75) is 121 Å². The highest BCUT2D eigenvalue weighted by Gasteiger charge is 2.40. The summed E-state index contributed by atoms with van der Waals surface area (Å²) in [4.78, 5) is 0. The van der Waals surface area contributed by atoms with Crippen LogP contribution >= 0.6 is 0 Å². The molecular formula is C24H46O5. The fourth-order valence-electron chi connectivity index (χ4n) is 3.79. The van der Waals surface area contributed by atoms with Crippen molar-refractivity contribution < 1.29 is 24.8 Å². The Kier molecular flexibility index (Phi) is 16.8. The van der Waals surface area contributed by atoms with Gasteiger partial charge >= 0.3 is 0 Å². The van der Waals surface area contributed by atoms with Gasteiger partial charge in [-0.2, -0.15) is 0 Å². The smallest absolute Gasteiger partial charge is 0.114 e. The van der Waals surface area contributed by atoms with Crippen LogP contribution in [0.4, 0.5) is 0 Å². The van der Waals surface area contributed by atoms with E-state index in [2.05, 4.69) is 19.1 Å². The predicted octanol–water partition coefficient (Wildman–Crippen LogP) is 4.52. The molecule has 0 bridgehead atoms. The first kappa shape index (κ1) is 26.6. The summed E-state index contributed by atoms with van der Waals surface area (Å²) in [6, 6.07) is 0. The molecule has 1 heterocycles. The molecule has 1 aliphatic heterocycles. The van der Waals surface area contributed by atoms with Crippen LogP contribution in [-0.2, 0) is 9.47 Å². The van der Waals surface area contributed by atoms with Gasteiger partial charge < -0.3 is 24.8 Å². The highest BCUT2D eigenvalue weighted by molar-refractivity contribution is 4.88. The zero-order valence-electron chi connectivity index (χ0n) is 18.6. The van der Waals surface area contributed by atoms with E-state index in [0.717, 1.165) is 12.8 Å². The molecular weight excluding hydrogens is 368 g/mol. The topological polar surface area (TPSA) is 79.2 Å². The second-order valence-electron chi connectivity index (χ2n) is 8.39. The second-order valence-corrected chi connectivity index (χ2v) is 8.39. The van der Waals surface area contributed by atoms with Crippen LogP contribution in [0.1, 0.15) is 96.8 Å². The first-order valence-corrected chi connectivity index (χ1v) is 12.1. The number of unbranched alkanes of at least 4 members (excludes halogenated alkanes) is 12. The summed E-state index contributed by atoms with van der Waals surface area (Å²) in [6.07, 6.45) is 19.4. The number of hydrogen-bond acceptors (Lipinski definition) is 5.